The Kier molecular flexibility index (Phi) is 7.65. The predicted molar refractivity (Wildman–Crippen MR) is 116 cm³/mol. The van der Waals surface area contributed by atoms with Crippen molar-refractivity contribution < 1.29 is 23.1 Å². The maximum absolute atomic E-state index is 12.6. The molecular formula is C21H26N2O5S2. The monoisotopic (exact) mass is 450 g/mol. The first-order valence-corrected chi connectivity index (χ1v) is 12.3. The van der Waals surface area contributed by atoms with Crippen LogP contribution in [-0.2, 0) is 27.8 Å². The molecule has 7 nitrogen and oxygen atoms in total. The van der Waals surface area contributed by atoms with Gasteiger partial charge in [0.1, 0.15) is 5.75 Å². The van der Waals surface area contributed by atoms with E-state index >= 15 is 0 Å². The van der Waals surface area contributed by atoms with Crippen molar-refractivity contribution in [3.63, 3.8) is 0 Å². The van der Waals surface area contributed by atoms with E-state index in [0.29, 0.717) is 25.1 Å². The first-order chi connectivity index (χ1) is 14.3. The Morgan fingerprint density at radius 2 is 2.17 bits per heavy atom. The Balaban J connectivity index is 1.66. The summed E-state index contributed by atoms with van der Waals surface area (Å²) in [5.74, 6) is -0.170. The molecule has 0 bridgehead atoms. The molecule has 1 unspecified atom stereocenters. The average Bonchev–Trinajstić information content (AvgIpc) is 3.20. The first-order valence-electron chi connectivity index (χ1n) is 9.70. The van der Waals surface area contributed by atoms with Crippen molar-refractivity contribution in [2.24, 2.45) is 5.14 Å². The van der Waals surface area contributed by atoms with Crippen LogP contribution in [0.5, 0.6) is 5.75 Å². The van der Waals surface area contributed by atoms with E-state index in [9.17, 15) is 18.3 Å². The van der Waals surface area contributed by atoms with Crippen LogP contribution >= 0.6 is 11.3 Å². The topological polar surface area (TPSA) is 110 Å². The normalized spacial score (nSPS) is 18.7. The Morgan fingerprint density at radius 1 is 1.33 bits per heavy atom. The van der Waals surface area contributed by atoms with E-state index in [4.69, 9.17) is 9.88 Å². The Labute approximate surface area is 180 Å². The fourth-order valence-electron chi connectivity index (χ4n) is 3.39. The maximum Gasteiger partial charge on any atom is 0.244 e. The fraction of sp³-hybridized carbons (Fsp3) is 0.381. The minimum absolute atomic E-state index is 0.0551. The van der Waals surface area contributed by atoms with E-state index in [1.165, 1.54) is 0 Å². The lowest BCUT2D eigenvalue weighted by Gasteiger charge is -2.34. The Bertz CT molecular complexity index is 973. The molecule has 1 aliphatic heterocycles. The number of hydrogen-bond donors (Lipinski definition) is 2. The minimum atomic E-state index is -3.73. The smallest absolute Gasteiger partial charge is 0.244 e. The quantitative estimate of drug-likeness (QED) is 0.570. The summed E-state index contributed by atoms with van der Waals surface area (Å²) in [6, 6.07) is 10.8. The molecule has 1 aromatic heterocycles. The van der Waals surface area contributed by atoms with E-state index in [0.717, 1.165) is 23.3 Å². The van der Waals surface area contributed by atoms with Crippen LogP contribution in [-0.4, -0.2) is 42.4 Å². The van der Waals surface area contributed by atoms with Gasteiger partial charge in [0.15, 0.2) is 0 Å². The predicted octanol–water partition coefficient (Wildman–Crippen LogP) is 2.41. The summed E-state index contributed by atoms with van der Waals surface area (Å²) in [5, 5.41) is 17.2. The zero-order valence-electron chi connectivity index (χ0n) is 16.5. The number of piperidine rings is 1. The number of aliphatic hydroxyl groups excluding tert-OH is 1. The van der Waals surface area contributed by atoms with E-state index in [-0.39, 0.29) is 11.9 Å². The Morgan fingerprint density at radius 3 is 2.90 bits per heavy atom. The summed E-state index contributed by atoms with van der Waals surface area (Å²) in [4.78, 5) is 15.5. The summed E-state index contributed by atoms with van der Waals surface area (Å²) in [5.41, 5.74) is 0.828. The highest BCUT2D eigenvalue weighted by Crippen LogP contribution is 2.24. The van der Waals surface area contributed by atoms with Crippen LogP contribution < -0.4 is 9.88 Å². The van der Waals surface area contributed by atoms with E-state index in [1.807, 2.05) is 29.7 Å². The lowest BCUT2D eigenvalue weighted by molar-refractivity contribution is -0.135. The molecule has 1 fully saturated rings. The van der Waals surface area contributed by atoms with Gasteiger partial charge in [0.2, 0.25) is 21.9 Å². The highest BCUT2D eigenvalue weighted by atomic mass is 32.2. The van der Waals surface area contributed by atoms with Gasteiger partial charge >= 0.3 is 0 Å². The standard InChI is InChI=1S/C21H26N2O5S2/c22-30(26,27)15-28-19-6-1-4-16(12-19)14-23-17(5-2-8-21(23)25)9-10-18(24)13-20-7-3-11-29-20/h1,3-4,6-7,9-12,17-18,24H,2,5,8,13-15H2,(H2,22,26,27)/t17-,18?/m1/s1. The second-order valence-corrected chi connectivity index (χ2v) is 9.88. The molecule has 30 heavy (non-hydrogen) atoms. The van der Waals surface area contributed by atoms with Crippen molar-refractivity contribution in [3.8, 4) is 5.75 Å². The molecule has 1 amide bonds. The average molecular weight is 451 g/mol. The number of aliphatic hydroxyl groups is 1. The zero-order chi connectivity index (χ0) is 21.6. The molecule has 0 radical (unpaired) electrons. The van der Waals surface area contributed by atoms with Crippen LogP contribution in [0.3, 0.4) is 0 Å². The zero-order valence-corrected chi connectivity index (χ0v) is 18.1. The van der Waals surface area contributed by atoms with Gasteiger partial charge in [-0.05, 0) is 42.0 Å². The van der Waals surface area contributed by atoms with Crippen molar-refractivity contribution in [2.75, 3.05) is 5.94 Å². The second kappa shape index (κ2) is 10.2. The molecule has 1 saturated heterocycles. The number of nitrogens with zero attached hydrogens (tertiary/aromatic N) is 1. The number of nitrogens with two attached hydrogens (primary N) is 1. The van der Waals surface area contributed by atoms with Crippen LogP contribution in [0.4, 0.5) is 0 Å². The molecule has 2 atom stereocenters. The molecule has 3 rings (SSSR count). The highest BCUT2D eigenvalue weighted by molar-refractivity contribution is 7.88. The third-order valence-corrected chi connectivity index (χ3v) is 6.14. The number of rotatable bonds is 9. The van der Waals surface area contributed by atoms with Crippen molar-refractivity contribution in [3.05, 3.63) is 64.4 Å². The number of benzene rings is 1. The van der Waals surface area contributed by atoms with Gasteiger partial charge in [-0.2, -0.15) is 0 Å². The van der Waals surface area contributed by atoms with Gasteiger partial charge in [0, 0.05) is 24.3 Å². The van der Waals surface area contributed by atoms with Gasteiger partial charge in [-0.25, -0.2) is 13.6 Å². The molecular weight excluding hydrogens is 424 g/mol. The molecule has 1 aliphatic rings. The summed E-state index contributed by atoms with van der Waals surface area (Å²) in [6.45, 7) is 0.376. The number of hydrogen-bond acceptors (Lipinski definition) is 6. The van der Waals surface area contributed by atoms with Crippen LogP contribution in [0, 0.1) is 0 Å². The van der Waals surface area contributed by atoms with Gasteiger partial charge in [-0.1, -0.05) is 30.4 Å². The maximum atomic E-state index is 12.6. The molecule has 0 aliphatic carbocycles. The highest BCUT2D eigenvalue weighted by Gasteiger charge is 2.26. The number of likely N-dealkylation sites (tertiary alicyclic amines) is 1. The van der Waals surface area contributed by atoms with Crippen molar-refractivity contribution in [1.82, 2.24) is 4.90 Å². The molecule has 1 aromatic carbocycles. The van der Waals surface area contributed by atoms with E-state index < -0.39 is 22.1 Å². The third kappa shape index (κ3) is 6.94. The number of carbonyl (C=O) groups excluding carboxylic acids is 1. The minimum Gasteiger partial charge on any atom is -0.476 e. The second-order valence-electron chi connectivity index (χ2n) is 7.29. The fourth-order valence-corrected chi connectivity index (χ4v) is 4.45. The molecule has 3 N–H and O–H groups in total. The van der Waals surface area contributed by atoms with Gasteiger partial charge in [-0.3, -0.25) is 4.79 Å². The van der Waals surface area contributed by atoms with Crippen molar-refractivity contribution in [1.29, 1.82) is 0 Å². The van der Waals surface area contributed by atoms with Gasteiger partial charge in [0.25, 0.3) is 0 Å². The van der Waals surface area contributed by atoms with E-state index in [2.05, 4.69) is 0 Å². The largest absolute Gasteiger partial charge is 0.476 e. The molecule has 2 heterocycles. The SMILES string of the molecule is NS(=O)(=O)COc1cccc(CN2C(=O)CCC[C@@H]2C=CC(O)Cc2cccs2)c1. The number of sulfonamides is 1. The number of amides is 1. The summed E-state index contributed by atoms with van der Waals surface area (Å²) < 4.78 is 27.4. The van der Waals surface area contributed by atoms with Crippen LogP contribution in [0.2, 0.25) is 0 Å². The van der Waals surface area contributed by atoms with Crippen LogP contribution in [0.15, 0.2) is 53.9 Å². The molecule has 162 valence electrons. The third-order valence-electron chi connectivity index (χ3n) is 4.80. The summed E-state index contributed by atoms with van der Waals surface area (Å²) in [7, 11) is -3.73. The Hall–Kier alpha value is -2.20. The van der Waals surface area contributed by atoms with Crippen LogP contribution in [0.25, 0.3) is 0 Å². The number of ether oxygens (including phenoxy) is 1. The number of primary sulfonamides is 1. The van der Waals surface area contributed by atoms with Crippen molar-refractivity contribution in [2.45, 2.75) is 44.4 Å². The van der Waals surface area contributed by atoms with Gasteiger partial charge in [-0.15, -0.1) is 11.3 Å². The number of thiophene rings is 1. The van der Waals surface area contributed by atoms with Gasteiger partial charge < -0.3 is 14.7 Å². The van der Waals surface area contributed by atoms with E-state index in [1.54, 1.807) is 40.5 Å². The molecule has 9 heteroatoms. The van der Waals surface area contributed by atoms with Gasteiger partial charge in [0.05, 0.1) is 12.1 Å². The number of carbonyl (C=O) groups is 1. The first kappa shape index (κ1) is 22.5. The van der Waals surface area contributed by atoms with Crippen LogP contribution in [0.1, 0.15) is 29.7 Å². The molecule has 0 spiro atoms. The molecule has 0 saturated carbocycles. The summed E-state index contributed by atoms with van der Waals surface area (Å²) in [6.07, 6.45) is 5.76. The lowest BCUT2D eigenvalue weighted by atomic mass is 9.99. The van der Waals surface area contributed by atoms with Crippen molar-refractivity contribution >= 4 is 27.3 Å². The lowest BCUT2D eigenvalue weighted by Crippen LogP contribution is -2.42. The summed E-state index contributed by atoms with van der Waals surface area (Å²) >= 11 is 1.61. The molecule has 2 aromatic rings.